The molecule has 0 fully saturated rings. The van der Waals surface area contributed by atoms with Gasteiger partial charge in [-0.05, 0) is 56.7 Å². The van der Waals surface area contributed by atoms with Crippen LogP contribution in [0.1, 0.15) is 44.2 Å². The maximum Gasteiger partial charge on any atom is 0.108 e. The molecule has 1 atom stereocenters. The first-order valence-corrected chi connectivity index (χ1v) is 6.09. The Balaban J connectivity index is 2.51. The van der Waals surface area contributed by atoms with Crippen molar-refractivity contribution in [1.29, 1.82) is 0 Å². The molecule has 1 aliphatic rings. The van der Waals surface area contributed by atoms with Gasteiger partial charge in [0, 0.05) is 0 Å². The first kappa shape index (κ1) is 11.4. The van der Waals surface area contributed by atoms with Gasteiger partial charge in [0.05, 0.1) is 0 Å². The minimum atomic E-state index is -0.744. The van der Waals surface area contributed by atoms with Crippen LogP contribution < -0.4 is 0 Å². The second-order valence-electron chi connectivity index (χ2n) is 5.01. The van der Waals surface area contributed by atoms with Gasteiger partial charge in [0.2, 0.25) is 0 Å². The summed E-state index contributed by atoms with van der Waals surface area (Å²) in [6.45, 7) is 4.09. The summed E-state index contributed by atoms with van der Waals surface area (Å²) in [7, 11) is 0. The second kappa shape index (κ2) is 4.42. The Labute approximate surface area is 97.8 Å². The smallest absolute Gasteiger partial charge is 0.108 e. The van der Waals surface area contributed by atoms with Crippen molar-refractivity contribution >= 4 is 0 Å². The Bertz CT molecular complexity index is 402. The lowest BCUT2D eigenvalue weighted by molar-refractivity contribution is 0.0781. The number of benzene rings is 1. The number of rotatable bonds is 1. The van der Waals surface area contributed by atoms with Crippen LogP contribution >= 0.6 is 0 Å². The Morgan fingerprint density at radius 3 is 2.75 bits per heavy atom. The molecule has 0 radical (unpaired) electrons. The van der Waals surface area contributed by atoms with E-state index in [4.69, 9.17) is 0 Å². The van der Waals surface area contributed by atoms with E-state index in [0.717, 1.165) is 24.8 Å². The summed E-state index contributed by atoms with van der Waals surface area (Å²) in [5, 5.41) is 10.8. The van der Waals surface area contributed by atoms with Crippen LogP contribution in [0.2, 0.25) is 0 Å². The van der Waals surface area contributed by atoms with Crippen molar-refractivity contribution in [2.75, 3.05) is 0 Å². The molecule has 1 nitrogen and oxygen atoms in total. The van der Waals surface area contributed by atoms with Gasteiger partial charge in [-0.3, -0.25) is 0 Å². The maximum atomic E-state index is 10.8. The number of fused-ring (bicyclic) bond motifs is 1. The van der Waals surface area contributed by atoms with Crippen molar-refractivity contribution in [1.82, 2.24) is 0 Å². The zero-order valence-electron chi connectivity index (χ0n) is 10.2. The van der Waals surface area contributed by atoms with E-state index >= 15 is 0 Å². The zero-order chi connectivity index (χ0) is 11.6. The van der Waals surface area contributed by atoms with Gasteiger partial charge in [-0.1, -0.05) is 29.8 Å². The quantitative estimate of drug-likeness (QED) is 0.562. The van der Waals surface area contributed by atoms with E-state index in [1.807, 2.05) is 26.0 Å². The lowest BCUT2D eigenvalue weighted by atomic mass is 9.86. The molecule has 0 spiro atoms. The van der Waals surface area contributed by atoms with Crippen molar-refractivity contribution in [3.63, 3.8) is 0 Å². The monoisotopic (exact) mass is 216 g/mol. The Morgan fingerprint density at radius 2 is 2.00 bits per heavy atom. The largest absolute Gasteiger partial charge is 0.381 e. The molecule has 16 heavy (non-hydrogen) atoms. The van der Waals surface area contributed by atoms with E-state index in [0.29, 0.717) is 0 Å². The van der Waals surface area contributed by atoms with Gasteiger partial charge >= 0.3 is 0 Å². The predicted molar refractivity (Wildman–Crippen MR) is 67.3 cm³/mol. The highest BCUT2D eigenvalue weighted by Crippen LogP contribution is 2.35. The first-order valence-electron chi connectivity index (χ1n) is 6.09. The standard InChI is InChI=1S/C15H20O/c1-12(2)11-15(16)10-6-5-8-13-7-3-4-9-14(13)15/h3-4,7,9,11,16H,5-6,8,10H2,1-2H3. The first-order chi connectivity index (χ1) is 7.62. The van der Waals surface area contributed by atoms with Crippen LogP contribution in [0.15, 0.2) is 35.9 Å². The van der Waals surface area contributed by atoms with Gasteiger partial charge in [-0.2, -0.15) is 0 Å². The maximum absolute atomic E-state index is 10.8. The Morgan fingerprint density at radius 1 is 1.25 bits per heavy atom. The number of aryl methyl sites for hydroxylation is 1. The molecule has 1 aromatic carbocycles. The van der Waals surface area contributed by atoms with E-state index < -0.39 is 5.60 Å². The van der Waals surface area contributed by atoms with E-state index in [2.05, 4.69) is 18.2 Å². The fourth-order valence-electron chi connectivity index (χ4n) is 2.63. The second-order valence-corrected chi connectivity index (χ2v) is 5.01. The summed E-state index contributed by atoms with van der Waals surface area (Å²) in [6, 6.07) is 8.30. The number of allylic oxidation sites excluding steroid dienone is 1. The van der Waals surface area contributed by atoms with Crippen LogP contribution in [0.4, 0.5) is 0 Å². The van der Waals surface area contributed by atoms with Crippen molar-refractivity contribution < 1.29 is 5.11 Å². The summed E-state index contributed by atoms with van der Waals surface area (Å²) in [5.74, 6) is 0. The normalized spacial score (nSPS) is 24.4. The van der Waals surface area contributed by atoms with E-state index in [1.165, 1.54) is 17.6 Å². The molecule has 86 valence electrons. The average molecular weight is 216 g/mol. The summed E-state index contributed by atoms with van der Waals surface area (Å²) >= 11 is 0. The third-order valence-corrected chi connectivity index (χ3v) is 3.27. The topological polar surface area (TPSA) is 20.2 Å². The fourth-order valence-corrected chi connectivity index (χ4v) is 2.63. The number of hydrogen-bond donors (Lipinski definition) is 1. The molecule has 0 aromatic heterocycles. The van der Waals surface area contributed by atoms with Crippen LogP contribution in [0, 0.1) is 0 Å². The molecule has 1 aliphatic carbocycles. The van der Waals surface area contributed by atoms with Gasteiger partial charge in [-0.15, -0.1) is 0 Å². The molecule has 2 rings (SSSR count). The summed E-state index contributed by atoms with van der Waals surface area (Å²) < 4.78 is 0. The number of aliphatic hydroxyl groups is 1. The minimum Gasteiger partial charge on any atom is -0.381 e. The van der Waals surface area contributed by atoms with Gasteiger partial charge in [-0.25, -0.2) is 0 Å². The van der Waals surface area contributed by atoms with Crippen molar-refractivity contribution in [2.45, 2.75) is 45.1 Å². The van der Waals surface area contributed by atoms with Crippen LogP contribution in [-0.4, -0.2) is 5.11 Å². The van der Waals surface area contributed by atoms with Crippen LogP contribution in [0.5, 0.6) is 0 Å². The predicted octanol–water partition coefficient (Wildman–Crippen LogP) is 3.57. The molecule has 1 aromatic rings. The molecule has 0 heterocycles. The van der Waals surface area contributed by atoms with E-state index in [9.17, 15) is 5.11 Å². The molecule has 0 saturated carbocycles. The van der Waals surface area contributed by atoms with Crippen LogP contribution in [0.25, 0.3) is 0 Å². The SMILES string of the molecule is CC(C)=CC1(O)CCCCc2ccccc21. The zero-order valence-corrected chi connectivity index (χ0v) is 10.2. The van der Waals surface area contributed by atoms with E-state index in [-0.39, 0.29) is 0 Å². The molecule has 1 unspecified atom stereocenters. The van der Waals surface area contributed by atoms with E-state index in [1.54, 1.807) is 0 Å². The molecule has 0 amide bonds. The third-order valence-electron chi connectivity index (χ3n) is 3.27. The Hall–Kier alpha value is -1.08. The van der Waals surface area contributed by atoms with Crippen molar-refractivity contribution in [3.05, 3.63) is 47.0 Å². The Kier molecular flexibility index (Phi) is 3.15. The third kappa shape index (κ3) is 2.19. The highest BCUT2D eigenvalue weighted by Gasteiger charge is 2.30. The van der Waals surface area contributed by atoms with Crippen molar-refractivity contribution in [3.8, 4) is 0 Å². The van der Waals surface area contributed by atoms with Gasteiger partial charge in [0.25, 0.3) is 0 Å². The molecular formula is C15H20O. The van der Waals surface area contributed by atoms with Gasteiger partial charge < -0.3 is 5.11 Å². The van der Waals surface area contributed by atoms with Gasteiger partial charge in [0.15, 0.2) is 0 Å². The summed E-state index contributed by atoms with van der Waals surface area (Å²) in [4.78, 5) is 0. The van der Waals surface area contributed by atoms with Crippen LogP contribution in [0.3, 0.4) is 0 Å². The average Bonchev–Trinajstić information content (AvgIpc) is 2.38. The summed E-state index contributed by atoms with van der Waals surface area (Å²) in [6.07, 6.45) is 6.21. The highest BCUT2D eigenvalue weighted by molar-refractivity contribution is 5.37. The molecule has 1 heteroatoms. The molecule has 0 bridgehead atoms. The fraction of sp³-hybridized carbons (Fsp3) is 0.467. The highest BCUT2D eigenvalue weighted by atomic mass is 16.3. The molecule has 0 saturated heterocycles. The molecule has 1 N–H and O–H groups in total. The molecule has 0 aliphatic heterocycles. The van der Waals surface area contributed by atoms with Gasteiger partial charge in [0.1, 0.15) is 5.60 Å². The summed E-state index contributed by atoms with van der Waals surface area (Å²) in [5.41, 5.74) is 2.85. The number of hydrogen-bond acceptors (Lipinski definition) is 1. The minimum absolute atomic E-state index is 0.744. The molecular weight excluding hydrogens is 196 g/mol. The van der Waals surface area contributed by atoms with Crippen molar-refractivity contribution in [2.24, 2.45) is 0 Å². The lowest BCUT2D eigenvalue weighted by Crippen LogP contribution is -2.23. The van der Waals surface area contributed by atoms with Crippen LogP contribution in [-0.2, 0) is 12.0 Å². The lowest BCUT2D eigenvalue weighted by Gasteiger charge is -2.26.